The smallest absolute Gasteiger partial charge is 0.294 e. The number of nitro benzene ring substituents is 1. The van der Waals surface area contributed by atoms with Crippen LogP contribution in [0.15, 0.2) is 36.4 Å². The van der Waals surface area contributed by atoms with Crippen LogP contribution >= 0.6 is 23.2 Å². The largest absolute Gasteiger partial charge is 0.399 e. The van der Waals surface area contributed by atoms with E-state index >= 15 is 0 Å². The summed E-state index contributed by atoms with van der Waals surface area (Å²) in [5.74, 6) is 0. The Kier molecular flexibility index (Phi) is 3.78. The number of halogens is 2. The first-order chi connectivity index (χ1) is 8.97. The van der Waals surface area contributed by atoms with E-state index in [9.17, 15) is 10.1 Å². The van der Waals surface area contributed by atoms with E-state index in [1.807, 2.05) is 0 Å². The molecule has 98 valence electrons. The Labute approximate surface area is 119 Å². The highest BCUT2D eigenvalue weighted by atomic mass is 35.5. The number of hydrogen-bond donors (Lipinski definition) is 2. The highest BCUT2D eigenvalue weighted by Gasteiger charge is 2.17. The van der Waals surface area contributed by atoms with Crippen LogP contribution in [-0.4, -0.2) is 4.92 Å². The molecule has 0 aliphatic rings. The molecule has 5 nitrogen and oxygen atoms in total. The van der Waals surface area contributed by atoms with Gasteiger partial charge < -0.3 is 11.1 Å². The summed E-state index contributed by atoms with van der Waals surface area (Å²) in [7, 11) is 0. The minimum atomic E-state index is -0.526. The van der Waals surface area contributed by atoms with Crippen molar-refractivity contribution in [1.82, 2.24) is 0 Å². The molecule has 0 amide bonds. The van der Waals surface area contributed by atoms with Crippen molar-refractivity contribution in [2.75, 3.05) is 11.1 Å². The van der Waals surface area contributed by atoms with Gasteiger partial charge in [-0.3, -0.25) is 10.1 Å². The zero-order valence-corrected chi connectivity index (χ0v) is 11.1. The fraction of sp³-hybridized carbons (Fsp3) is 0. The normalized spacial score (nSPS) is 10.2. The quantitative estimate of drug-likeness (QED) is 0.505. The van der Waals surface area contributed by atoms with Gasteiger partial charge in [-0.25, -0.2) is 0 Å². The monoisotopic (exact) mass is 297 g/mol. The molecule has 0 atom stereocenters. The van der Waals surface area contributed by atoms with E-state index in [-0.39, 0.29) is 21.4 Å². The van der Waals surface area contributed by atoms with Gasteiger partial charge in [0, 0.05) is 17.4 Å². The summed E-state index contributed by atoms with van der Waals surface area (Å²) in [4.78, 5) is 10.4. The molecule has 0 spiro atoms. The van der Waals surface area contributed by atoms with Crippen molar-refractivity contribution in [2.45, 2.75) is 0 Å². The Bertz CT molecular complexity index is 630. The van der Waals surface area contributed by atoms with Crippen LogP contribution in [0.3, 0.4) is 0 Å². The Balaban J connectivity index is 2.41. The van der Waals surface area contributed by atoms with E-state index in [0.717, 1.165) is 0 Å². The second kappa shape index (κ2) is 5.34. The van der Waals surface area contributed by atoms with Crippen molar-refractivity contribution in [1.29, 1.82) is 0 Å². The molecule has 2 rings (SSSR count). The van der Waals surface area contributed by atoms with E-state index in [1.54, 1.807) is 24.3 Å². The fourth-order valence-electron chi connectivity index (χ4n) is 1.51. The first-order valence-electron chi connectivity index (χ1n) is 5.23. The molecular formula is C12H9Cl2N3O2. The molecule has 0 saturated heterocycles. The zero-order valence-electron chi connectivity index (χ0n) is 9.56. The topological polar surface area (TPSA) is 81.2 Å². The molecule has 0 bridgehead atoms. The van der Waals surface area contributed by atoms with Gasteiger partial charge in [0.15, 0.2) is 0 Å². The van der Waals surface area contributed by atoms with E-state index in [2.05, 4.69) is 5.32 Å². The Morgan fingerprint density at radius 3 is 2.26 bits per heavy atom. The summed E-state index contributed by atoms with van der Waals surface area (Å²) in [6.45, 7) is 0. The summed E-state index contributed by atoms with van der Waals surface area (Å²) >= 11 is 11.6. The average molecular weight is 298 g/mol. The van der Waals surface area contributed by atoms with Gasteiger partial charge in [-0.05, 0) is 30.3 Å². The maximum atomic E-state index is 11.0. The van der Waals surface area contributed by atoms with E-state index in [4.69, 9.17) is 28.9 Å². The van der Waals surface area contributed by atoms with Crippen LogP contribution in [0.1, 0.15) is 0 Å². The number of nitrogens with one attached hydrogen (secondary N) is 1. The molecule has 0 aromatic heterocycles. The number of nitrogen functional groups attached to an aromatic ring is 1. The summed E-state index contributed by atoms with van der Waals surface area (Å²) in [6, 6.07) is 9.42. The predicted octanol–water partition coefficient (Wildman–Crippen LogP) is 4.23. The number of nitro groups is 1. The lowest BCUT2D eigenvalue weighted by Crippen LogP contribution is -1.97. The highest BCUT2D eigenvalue weighted by molar-refractivity contribution is 6.42. The van der Waals surface area contributed by atoms with Gasteiger partial charge in [0.2, 0.25) is 0 Å². The summed E-state index contributed by atoms with van der Waals surface area (Å²) < 4.78 is 0. The maximum absolute atomic E-state index is 11.0. The van der Waals surface area contributed by atoms with E-state index < -0.39 is 4.92 Å². The first kappa shape index (κ1) is 13.5. The second-order valence-corrected chi connectivity index (χ2v) is 4.60. The molecule has 0 saturated carbocycles. The van der Waals surface area contributed by atoms with Crippen LogP contribution in [0.25, 0.3) is 0 Å². The van der Waals surface area contributed by atoms with Crippen LogP contribution in [0.4, 0.5) is 22.7 Å². The van der Waals surface area contributed by atoms with Gasteiger partial charge in [-0.2, -0.15) is 0 Å². The number of hydrogen-bond acceptors (Lipinski definition) is 4. The predicted molar refractivity (Wildman–Crippen MR) is 77.3 cm³/mol. The number of nitrogens with two attached hydrogens (primary N) is 1. The third-order valence-corrected chi connectivity index (χ3v) is 3.15. The van der Waals surface area contributed by atoms with Gasteiger partial charge in [0.1, 0.15) is 5.69 Å². The van der Waals surface area contributed by atoms with Crippen LogP contribution < -0.4 is 11.1 Å². The van der Waals surface area contributed by atoms with Crippen molar-refractivity contribution in [3.8, 4) is 0 Å². The molecule has 0 unspecified atom stereocenters. The fourth-order valence-corrected chi connectivity index (χ4v) is 1.83. The molecule has 0 fully saturated rings. The van der Waals surface area contributed by atoms with Crippen molar-refractivity contribution in [3.63, 3.8) is 0 Å². The van der Waals surface area contributed by atoms with Crippen molar-refractivity contribution >= 4 is 46.0 Å². The van der Waals surface area contributed by atoms with Crippen molar-refractivity contribution in [3.05, 3.63) is 56.6 Å². The molecule has 0 aliphatic carbocycles. The summed E-state index contributed by atoms with van der Waals surface area (Å²) in [6.07, 6.45) is 0. The highest BCUT2D eigenvalue weighted by Crippen LogP contribution is 2.35. The van der Waals surface area contributed by atoms with Gasteiger partial charge in [-0.1, -0.05) is 23.2 Å². The Morgan fingerprint density at radius 2 is 1.68 bits per heavy atom. The lowest BCUT2D eigenvalue weighted by atomic mass is 10.2. The minimum Gasteiger partial charge on any atom is -0.399 e. The Hall–Kier alpha value is -1.98. The standard InChI is InChI=1S/C12H9Cl2N3O2/c13-9-5-11(12(17(18)19)6-10(9)14)16-8-3-1-7(15)2-4-8/h1-6,16H,15H2. The summed E-state index contributed by atoms with van der Waals surface area (Å²) in [5, 5.41) is 14.3. The second-order valence-electron chi connectivity index (χ2n) is 3.79. The van der Waals surface area contributed by atoms with Crippen LogP contribution in [0.5, 0.6) is 0 Å². The van der Waals surface area contributed by atoms with Gasteiger partial charge in [0.05, 0.1) is 15.0 Å². The van der Waals surface area contributed by atoms with Crippen LogP contribution in [0, 0.1) is 10.1 Å². The molecule has 2 aromatic rings. The van der Waals surface area contributed by atoms with E-state index in [0.29, 0.717) is 11.4 Å². The minimum absolute atomic E-state index is 0.135. The molecule has 0 radical (unpaired) electrons. The van der Waals surface area contributed by atoms with Gasteiger partial charge in [-0.15, -0.1) is 0 Å². The van der Waals surface area contributed by atoms with Gasteiger partial charge in [0.25, 0.3) is 5.69 Å². The van der Waals surface area contributed by atoms with Crippen LogP contribution in [-0.2, 0) is 0 Å². The molecule has 3 N–H and O–H groups in total. The SMILES string of the molecule is Nc1ccc(Nc2cc(Cl)c(Cl)cc2[N+](=O)[O-])cc1. The number of anilines is 3. The maximum Gasteiger partial charge on any atom is 0.294 e. The summed E-state index contributed by atoms with van der Waals surface area (Å²) in [5.41, 5.74) is 6.96. The Morgan fingerprint density at radius 1 is 1.11 bits per heavy atom. The molecule has 7 heteroatoms. The first-order valence-corrected chi connectivity index (χ1v) is 5.99. The average Bonchev–Trinajstić information content (AvgIpc) is 2.36. The molecule has 2 aromatic carbocycles. The lowest BCUT2D eigenvalue weighted by molar-refractivity contribution is -0.383. The van der Waals surface area contributed by atoms with Crippen LogP contribution in [0.2, 0.25) is 10.0 Å². The zero-order chi connectivity index (χ0) is 14.0. The number of benzene rings is 2. The lowest BCUT2D eigenvalue weighted by Gasteiger charge is -2.08. The molecular weight excluding hydrogens is 289 g/mol. The third kappa shape index (κ3) is 3.07. The number of rotatable bonds is 3. The molecule has 19 heavy (non-hydrogen) atoms. The van der Waals surface area contributed by atoms with Crippen molar-refractivity contribution < 1.29 is 4.92 Å². The third-order valence-electron chi connectivity index (χ3n) is 2.42. The van der Waals surface area contributed by atoms with Crippen molar-refractivity contribution in [2.24, 2.45) is 0 Å². The van der Waals surface area contributed by atoms with Gasteiger partial charge >= 0.3 is 0 Å². The molecule has 0 aliphatic heterocycles. The number of nitrogens with zero attached hydrogens (tertiary/aromatic N) is 1. The van der Waals surface area contributed by atoms with E-state index in [1.165, 1.54) is 12.1 Å². The molecule has 0 heterocycles.